The van der Waals surface area contributed by atoms with Gasteiger partial charge in [-0.3, -0.25) is 0 Å². The maximum absolute atomic E-state index is 9.72. The van der Waals surface area contributed by atoms with Crippen molar-refractivity contribution in [2.45, 2.75) is 12.5 Å². The fourth-order valence-electron chi connectivity index (χ4n) is 2.73. The van der Waals surface area contributed by atoms with Crippen LogP contribution in [0, 0.1) is 0 Å². The van der Waals surface area contributed by atoms with Crippen LogP contribution in [0.5, 0.6) is 0 Å². The van der Waals surface area contributed by atoms with Crippen molar-refractivity contribution in [3.05, 3.63) is 34.4 Å². The second-order valence-corrected chi connectivity index (χ2v) is 7.41. The summed E-state index contributed by atoms with van der Waals surface area (Å²) in [6, 6.07) is 3.59. The van der Waals surface area contributed by atoms with E-state index in [4.69, 9.17) is 10.7 Å². The zero-order valence-electron chi connectivity index (χ0n) is 13.1. The van der Waals surface area contributed by atoms with Gasteiger partial charge in [0.25, 0.3) is 0 Å². The van der Waals surface area contributed by atoms with Gasteiger partial charge in [-0.15, -0.1) is 11.3 Å². The van der Waals surface area contributed by atoms with Crippen molar-refractivity contribution in [2.24, 2.45) is 0 Å². The number of pyridine rings is 1. The number of thiazole rings is 1. The minimum absolute atomic E-state index is 0.329. The molecule has 1 unspecified atom stereocenters. The maximum atomic E-state index is 9.72. The monoisotopic (exact) mass is 418 g/mol. The molecule has 0 aromatic carbocycles. The molecule has 0 radical (unpaired) electrons. The third-order valence-corrected chi connectivity index (χ3v) is 5.59. The van der Waals surface area contributed by atoms with Crippen LogP contribution in [0.1, 0.15) is 6.42 Å². The Balaban J connectivity index is 1.75. The van der Waals surface area contributed by atoms with Crippen molar-refractivity contribution in [1.29, 1.82) is 0 Å². The summed E-state index contributed by atoms with van der Waals surface area (Å²) in [6.45, 7) is 1.29. The molecule has 0 bridgehead atoms. The number of β-amino-alcohol motifs (C(OH)–C–C–N with tert-alkyl or cyclic N) is 1. The molecule has 1 aliphatic heterocycles. The van der Waals surface area contributed by atoms with E-state index in [0.29, 0.717) is 35.3 Å². The number of aliphatic hydroxyl groups is 1. The Morgan fingerprint density at radius 2 is 2.12 bits per heavy atom. The molecule has 25 heavy (non-hydrogen) atoms. The van der Waals surface area contributed by atoms with Gasteiger partial charge in [-0.2, -0.15) is 0 Å². The van der Waals surface area contributed by atoms with Gasteiger partial charge in [-0.25, -0.2) is 19.9 Å². The highest BCUT2D eigenvalue weighted by molar-refractivity contribution is 9.10. The van der Waals surface area contributed by atoms with Gasteiger partial charge < -0.3 is 15.7 Å². The van der Waals surface area contributed by atoms with E-state index in [1.54, 1.807) is 24.5 Å². The SMILES string of the molecule is Nc1cc(-c2ccnc(N3CCC(O)C3)n2)nc(-c2nccs2)c1Br. The zero-order chi connectivity index (χ0) is 17.4. The fourth-order valence-corrected chi connectivity index (χ4v) is 3.88. The number of hydrogen-bond donors (Lipinski definition) is 2. The molecule has 128 valence electrons. The van der Waals surface area contributed by atoms with Crippen LogP contribution in [-0.2, 0) is 0 Å². The summed E-state index contributed by atoms with van der Waals surface area (Å²) < 4.78 is 0.725. The number of hydrogen-bond acceptors (Lipinski definition) is 8. The zero-order valence-corrected chi connectivity index (χ0v) is 15.5. The first-order valence-electron chi connectivity index (χ1n) is 7.74. The molecular formula is C16H15BrN6OS. The lowest BCUT2D eigenvalue weighted by Crippen LogP contribution is -2.23. The lowest BCUT2D eigenvalue weighted by atomic mass is 10.2. The average Bonchev–Trinajstić information content (AvgIpc) is 3.29. The van der Waals surface area contributed by atoms with E-state index in [1.807, 2.05) is 10.3 Å². The standard InChI is InChI=1S/C16H15BrN6OS/c17-13-10(18)7-12(21-14(13)15-19-4-6-25-15)11-1-3-20-16(22-11)23-5-2-9(24)8-23/h1,3-4,6-7,9,24H,2,5,8H2,(H2,18,21). The lowest BCUT2D eigenvalue weighted by Gasteiger charge is -2.16. The van der Waals surface area contributed by atoms with E-state index in [9.17, 15) is 5.11 Å². The highest BCUT2D eigenvalue weighted by atomic mass is 79.9. The van der Waals surface area contributed by atoms with Gasteiger partial charge in [0.15, 0.2) is 0 Å². The number of nitrogens with zero attached hydrogens (tertiary/aromatic N) is 5. The predicted molar refractivity (Wildman–Crippen MR) is 101 cm³/mol. The van der Waals surface area contributed by atoms with Crippen molar-refractivity contribution in [1.82, 2.24) is 19.9 Å². The summed E-state index contributed by atoms with van der Waals surface area (Å²) in [7, 11) is 0. The van der Waals surface area contributed by atoms with Gasteiger partial charge in [0.2, 0.25) is 5.95 Å². The van der Waals surface area contributed by atoms with Gasteiger partial charge >= 0.3 is 0 Å². The Bertz CT molecular complexity index is 904. The van der Waals surface area contributed by atoms with Crippen molar-refractivity contribution in [3.63, 3.8) is 0 Å². The van der Waals surface area contributed by atoms with Crippen molar-refractivity contribution < 1.29 is 5.11 Å². The summed E-state index contributed by atoms with van der Waals surface area (Å²) in [5.41, 5.74) is 8.76. The van der Waals surface area contributed by atoms with Crippen LogP contribution in [0.25, 0.3) is 22.1 Å². The Morgan fingerprint density at radius 1 is 1.24 bits per heavy atom. The molecule has 4 rings (SSSR count). The third kappa shape index (κ3) is 3.22. The first kappa shape index (κ1) is 16.4. The molecule has 3 N–H and O–H groups in total. The number of halogens is 1. The number of aliphatic hydroxyl groups excluding tert-OH is 1. The van der Waals surface area contributed by atoms with Crippen molar-refractivity contribution in [2.75, 3.05) is 23.7 Å². The van der Waals surface area contributed by atoms with E-state index in [0.717, 1.165) is 22.4 Å². The first-order chi connectivity index (χ1) is 12.1. The molecule has 0 spiro atoms. The molecule has 4 heterocycles. The minimum Gasteiger partial charge on any atom is -0.398 e. The van der Waals surface area contributed by atoms with Crippen molar-refractivity contribution in [3.8, 4) is 22.1 Å². The van der Waals surface area contributed by atoms with E-state index in [-0.39, 0.29) is 6.10 Å². The Labute approximate surface area is 156 Å². The Morgan fingerprint density at radius 3 is 2.84 bits per heavy atom. The van der Waals surface area contributed by atoms with Gasteiger partial charge in [0.1, 0.15) is 10.7 Å². The molecule has 0 saturated carbocycles. The fraction of sp³-hybridized carbons (Fsp3) is 0.250. The number of anilines is 2. The van der Waals surface area contributed by atoms with E-state index in [1.165, 1.54) is 11.3 Å². The van der Waals surface area contributed by atoms with Crippen LogP contribution >= 0.6 is 27.3 Å². The molecule has 3 aromatic rings. The molecule has 3 aromatic heterocycles. The minimum atomic E-state index is -0.329. The number of aromatic nitrogens is 4. The highest BCUT2D eigenvalue weighted by Crippen LogP contribution is 2.35. The quantitative estimate of drug-likeness (QED) is 0.673. The molecule has 1 fully saturated rings. The smallest absolute Gasteiger partial charge is 0.225 e. The summed E-state index contributed by atoms with van der Waals surface area (Å²) in [5.74, 6) is 0.591. The lowest BCUT2D eigenvalue weighted by molar-refractivity contribution is 0.198. The van der Waals surface area contributed by atoms with E-state index >= 15 is 0 Å². The molecule has 9 heteroatoms. The topological polar surface area (TPSA) is 101 Å². The molecule has 1 saturated heterocycles. The van der Waals surface area contributed by atoms with Crippen molar-refractivity contribution >= 4 is 38.9 Å². The van der Waals surface area contributed by atoms with Crippen LogP contribution in [0.2, 0.25) is 0 Å². The molecule has 7 nitrogen and oxygen atoms in total. The van der Waals surface area contributed by atoms with Crippen LogP contribution in [0.4, 0.5) is 11.6 Å². The summed E-state index contributed by atoms with van der Waals surface area (Å²) in [4.78, 5) is 19.9. The largest absolute Gasteiger partial charge is 0.398 e. The van der Waals surface area contributed by atoms with Crippen LogP contribution in [0.15, 0.2) is 34.4 Å². The second kappa shape index (κ2) is 6.66. The summed E-state index contributed by atoms with van der Waals surface area (Å²) in [5, 5.41) is 12.4. The van der Waals surface area contributed by atoms with Gasteiger partial charge in [0.05, 0.1) is 27.7 Å². The van der Waals surface area contributed by atoms with E-state index < -0.39 is 0 Å². The average molecular weight is 419 g/mol. The van der Waals surface area contributed by atoms with Crippen LogP contribution in [-0.4, -0.2) is 44.2 Å². The molecular weight excluding hydrogens is 404 g/mol. The second-order valence-electron chi connectivity index (χ2n) is 5.73. The summed E-state index contributed by atoms with van der Waals surface area (Å²) in [6.07, 6.45) is 3.83. The Kier molecular flexibility index (Phi) is 4.36. The summed E-state index contributed by atoms with van der Waals surface area (Å²) >= 11 is 4.99. The first-order valence-corrected chi connectivity index (χ1v) is 9.41. The molecule has 0 amide bonds. The third-order valence-electron chi connectivity index (χ3n) is 3.97. The van der Waals surface area contributed by atoms with E-state index in [2.05, 4.69) is 30.9 Å². The maximum Gasteiger partial charge on any atom is 0.225 e. The normalized spacial score (nSPS) is 17.2. The van der Waals surface area contributed by atoms with Gasteiger partial charge in [-0.1, -0.05) is 0 Å². The molecule has 1 aliphatic rings. The molecule has 0 aliphatic carbocycles. The highest BCUT2D eigenvalue weighted by Gasteiger charge is 2.23. The Hall–Kier alpha value is -2.10. The molecule has 1 atom stereocenters. The number of nitrogens with two attached hydrogens (primary N) is 1. The number of nitrogen functional groups attached to an aromatic ring is 1. The van der Waals surface area contributed by atoms with Crippen LogP contribution < -0.4 is 10.6 Å². The number of rotatable bonds is 3. The van der Waals surface area contributed by atoms with Gasteiger partial charge in [0, 0.05) is 30.9 Å². The van der Waals surface area contributed by atoms with Gasteiger partial charge in [-0.05, 0) is 34.5 Å². The predicted octanol–water partition coefficient (Wildman–Crippen LogP) is 2.58. The van der Waals surface area contributed by atoms with Crippen LogP contribution in [0.3, 0.4) is 0 Å².